The Labute approximate surface area is 116 Å². The molecule has 1 aromatic rings. The maximum absolute atomic E-state index is 6.18. The van der Waals surface area contributed by atoms with Gasteiger partial charge in [0.1, 0.15) is 0 Å². The quantitative estimate of drug-likeness (QED) is 0.874. The van der Waals surface area contributed by atoms with Crippen molar-refractivity contribution >= 4 is 27.3 Å². The van der Waals surface area contributed by atoms with Crippen LogP contribution in [0.25, 0.3) is 0 Å². The Balaban J connectivity index is 1.67. The molecule has 3 N–H and O–H groups in total. The van der Waals surface area contributed by atoms with Crippen molar-refractivity contribution in [3.05, 3.63) is 20.8 Å². The highest BCUT2D eigenvalue weighted by molar-refractivity contribution is 9.11. The number of nitrogens with one attached hydrogen (secondary N) is 1. The minimum Gasteiger partial charge on any atom is -0.323 e. The second kappa shape index (κ2) is 6.85. The Bertz CT molecular complexity index is 336. The van der Waals surface area contributed by atoms with E-state index in [9.17, 15) is 0 Å². The summed E-state index contributed by atoms with van der Waals surface area (Å²) >= 11 is 5.23. The van der Waals surface area contributed by atoms with E-state index >= 15 is 0 Å². The largest absolute Gasteiger partial charge is 0.323 e. The lowest BCUT2D eigenvalue weighted by atomic mass is 10.1. The summed E-state index contributed by atoms with van der Waals surface area (Å²) in [6, 6.07) is 4.41. The number of nitrogens with two attached hydrogens (primary N) is 1. The Morgan fingerprint density at radius 1 is 1.41 bits per heavy atom. The van der Waals surface area contributed by atoms with Gasteiger partial charge in [-0.1, -0.05) is 0 Å². The first kappa shape index (κ1) is 13.5. The second-order valence-electron chi connectivity index (χ2n) is 4.48. The summed E-state index contributed by atoms with van der Waals surface area (Å²) in [7, 11) is 0. The van der Waals surface area contributed by atoms with Crippen LogP contribution in [0.1, 0.15) is 23.8 Å². The van der Waals surface area contributed by atoms with Crippen molar-refractivity contribution in [3.8, 4) is 0 Å². The van der Waals surface area contributed by atoms with Crippen LogP contribution in [0.15, 0.2) is 15.9 Å². The van der Waals surface area contributed by atoms with Gasteiger partial charge in [0, 0.05) is 37.1 Å². The molecule has 0 amide bonds. The van der Waals surface area contributed by atoms with Crippen molar-refractivity contribution in [2.24, 2.45) is 5.73 Å². The monoisotopic (exact) mass is 317 g/mol. The predicted octanol–water partition coefficient (Wildman–Crippen LogP) is 2.20. The van der Waals surface area contributed by atoms with Gasteiger partial charge in [-0.05, 0) is 47.4 Å². The van der Waals surface area contributed by atoms with E-state index in [1.807, 2.05) is 0 Å². The van der Waals surface area contributed by atoms with E-state index in [2.05, 4.69) is 38.3 Å². The van der Waals surface area contributed by atoms with Crippen LogP contribution < -0.4 is 11.1 Å². The molecule has 0 aromatic carbocycles. The Morgan fingerprint density at radius 3 is 2.82 bits per heavy atom. The lowest BCUT2D eigenvalue weighted by molar-refractivity contribution is 0.235. The Hall–Kier alpha value is 0.0600. The summed E-state index contributed by atoms with van der Waals surface area (Å²) in [5.74, 6) is 0. The molecule has 0 spiro atoms. The summed E-state index contributed by atoms with van der Waals surface area (Å²) in [5.41, 5.74) is 6.18. The summed E-state index contributed by atoms with van der Waals surface area (Å²) in [5, 5.41) is 3.37. The van der Waals surface area contributed by atoms with Crippen LogP contribution in [0, 0.1) is 0 Å². The fourth-order valence-corrected chi connectivity index (χ4v) is 3.60. The fraction of sp³-hybridized carbons (Fsp3) is 0.667. The molecule has 0 radical (unpaired) electrons. The van der Waals surface area contributed by atoms with Gasteiger partial charge in [-0.15, -0.1) is 11.3 Å². The molecule has 96 valence electrons. The highest BCUT2D eigenvalue weighted by atomic mass is 79.9. The first-order valence-electron chi connectivity index (χ1n) is 6.19. The van der Waals surface area contributed by atoms with E-state index in [4.69, 9.17) is 5.73 Å². The topological polar surface area (TPSA) is 41.3 Å². The minimum atomic E-state index is 0.203. The van der Waals surface area contributed by atoms with E-state index in [-0.39, 0.29) is 6.04 Å². The van der Waals surface area contributed by atoms with E-state index in [1.54, 1.807) is 11.3 Å². The van der Waals surface area contributed by atoms with Crippen molar-refractivity contribution in [1.82, 2.24) is 10.2 Å². The highest BCUT2D eigenvalue weighted by Crippen LogP contribution is 2.28. The van der Waals surface area contributed by atoms with Crippen LogP contribution in [0.2, 0.25) is 0 Å². The average molecular weight is 318 g/mol. The number of hydrogen-bond acceptors (Lipinski definition) is 4. The summed E-state index contributed by atoms with van der Waals surface area (Å²) < 4.78 is 1.17. The smallest absolute Gasteiger partial charge is 0.0701 e. The maximum atomic E-state index is 6.18. The molecule has 1 aliphatic heterocycles. The third-order valence-electron chi connectivity index (χ3n) is 3.16. The zero-order chi connectivity index (χ0) is 12.1. The number of rotatable bonds is 5. The van der Waals surface area contributed by atoms with Gasteiger partial charge in [0.25, 0.3) is 0 Å². The Kier molecular flexibility index (Phi) is 5.44. The zero-order valence-electron chi connectivity index (χ0n) is 9.99. The first-order chi connectivity index (χ1) is 8.25. The zero-order valence-corrected chi connectivity index (χ0v) is 12.4. The number of hydrogen-bond donors (Lipinski definition) is 2. The molecule has 1 aromatic heterocycles. The van der Waals surface area contributed by atoms with Crippen LogP contribution in [-0.2, 0) is 0 Å². The number of piperazine rings is 1. The number of thiophene rings is 1. The fourth-order valence-electron chi connectivity index (χ4n) is 2.14. The Morgan fingerprint density at radius 2 is 2.18 bits per heavy atom. The molecule has 0 aliphatic carbocycles. The maximum Gasteiger partial charge on any atom is 0.0701 e. The third kappa shape index (κ3) is 4.34. The number of nitrogens with zero attached hydrogens (tertiary/aromatic N) is 1. The highest BCUT2D eigenvalue weighted by Gasteiger charge is 2.11. The van der Waals surface area contributed by atoms with Crippen LogP contribution in [0.4, 0.5) is 0 Å². The van der Waals surface area contributed by atoms with E-state index in [0.29, 0.717) is 0 Å². The van der Waals surface area contributed by atoms with Crippen molar-refractivity contribution in [2.45, 2.75) is 18.9 Å². The molecular weight excluding hydrogens is 298 g/mol. The van der Waals surface area contributed by atoms with Crippen molar-refractivity contribution in [2.75, 3.05) is 32.7 Å². The summed E-state index contributed by atoms with van der Waals surface area (Å²) in [6.45, 7) is 5.80. The van der Waals surface area contributed by atoms with Crippen LogP contribution in [-0.4, -0.2) is 37.6 Å². The van der Waals surface area contributed by atoms with Crippen LogP contribution >= 0.6 is 27.3 Å². The van der Waals surface area contributed by atoms with Gasteiger partial charge >= 0.3 is 0 Å². The minimum absolute atomic E-state index is 0.203. The molecule has 1 atom stereocenters. The van der Waals surface area contributed by atoms with E-state index < -0.39 is 0 Å². The molecule has 17 heavy (non-hydrogen) atoms. The lowest BCUT2D eigenvalue weighted by Gasteiger charge is -2.27. The van der Waals surface area contributed by atoms with Crippen molar-refractivity contribution < 1.29 is 0 Å². The van der Waals surface area contributed by atoms with Crippen LogP contribution in [0.3, 0.4) is 0 Å². The molecule has 1 fully saturated rings. The molecule has 2 heterocycles. The molecular formula is C12H20BrN3S. The predicted molar refractivity (Wildman–Crippen MR) is 77.5 cm³/mol. The molecule has 0 bridgehead atoms. The van der Waals surface area contributed by atoms with Gasteiger partial charge in [-0.3, -0.25) is 0 Å². The van der Waals surface area contributed by atoms with Gasteiger partial charge in [0.2, 0.25) is 0 Å². The van der Waals surface area contributed by atoms with Gasteiger partial charge in [0.15, 0.2) is 0 Å². The standard InChI is InChI=1S/C12H20BrN3S/c13-12-4-3-11(17-12)10(14)2-1-7-16-8-5-15-6-9-16/h3-4,10,15H,1-2,5-9,14H2. The lowest BCUT2D eigenvalue weighted by Crippen LogP contribution is -2.43. The average Bonchev–Trinajstić information content (AvgIpc) is 2.77. The summed E-state index contributed by atoms with van der Waals surface area (Å²) in [4.78, 5) is 3.81. The van der Waals surface area contributed by atoms with Gasteiger partial charge in [0.05, 0.1) is 3.79 Å². The normalized spacial score (nSPS) is 19.4. The molecule has 1 unspecified atom stereocenters. The molecule has 3 nitrogen and oxygen atoms in total. The van der Waals surface area contributed by atoms with Crippen molar-refractivity contribution in [1.29, 1.82) is 0 Å². The molecule has 5 heteroatoms. The van der Waals surface area contributed by atoms with Gasteiger partial charge < -0.3 is 16.0 Å². The number of halogens is 1. The van der Waals surface area contributed by atoms with Crippen LogP contribution in [0.5, 0.6) is 0 Å². The van der Waals surface area contributed by atoms with Gasteiger partial charge in [-0.2, -0.15) is 0 Å². The van der Waals surface area contributed by atoms with Crippen molar-refractivity contribution in [3.63, 3.8) is 0 Å². The SMILES string of the molecule is NC(CCCN1CCNCC1)c1ccc(Br)s1. The van der Waals surface area contributed by atoms with E-state index in [1.165, 1.54) is 34.7 Å². The second-order valence-corrected chi connectivity index (χ2v) is 6.98. The van der Waals surface area contributed by atoms with Gasteiger partial charge in [-0.25, -0.2) is 0 Å². The molecule has 0 saturated carbocycles. The third-order valence-corrected chi connectivity index (χ3v) is 4.91. The first-order valence-corrected chi connectivity index (χ1v) is 7.80. The summed E-state index contributed by atoms with van der Waals surface area (Å²) in [6.07, 6.45) is 2.27. The molecule has 2 rings (SSSR count). The molecule has 1 aliphatic rings. The molecule has 1 saturated heterocycles. The van der Waals surface area contributed by atoms with E-state index in [0.717, 1.165) is 19.5 Å².